The Morgan fingerprint density at radius 3 is 2.63 bits per heavy atom. The Labute approximate surface area is 219 Å². The molecule has 4 rings (SSSR count). The van der Waals surface area contributed by atoms with Crippen molar-refractivity contribution < 1.29 is 29.3 Å². The molecule has 1 spiro atoms. The average molecular weight is 575 g/mol. The number of ether oxygens (including phenoxy) is 1. The summed E-state index contributed by atoms with van der Waals surface area (Å²) >= 11 is 5.15. The number of carbonyl (C=O) groups excluding carboxylic acids is 2. The summed E-state index contributed by atoms with van der Waals surface area (Å²) in [5.74, 6) is -3.24. The molecule has 4 aliphatic rings. The summed E-state index contributed by atoms with van der Waals surface area (Å²) < 4.78 is 4.59. The molecular weight excluding hydrogens is 538 g/mol. The van der Waals surface area contributed by atoms with Gasteiger partial charge in [-0.1, -0.05) is 35.9 Å². The molecule has 0 saturated carbocycles. The highest BCUT2D eigenvalue weighted by molar-refractivity contribution is 9.09. The fourth-order valence-electron chi connectivity index (χ4n) is 6.31. The van der Waals surface area contributed by atoms with Crippen LogP contribution in [0.4, 0.5) is 0 Å². The number of halogens is 1. The first-order valence-electron chi connectivity index (χ1n) is 12.4. The van der Waals surface area contributed by atoms with Gasteiger partial charge >= 0.3 is 5.97 Å². The number of amides is 2. The Morgan fingerprint density at radius 1 is 1.37 bits per heavy atom. The van der Waals surface area contributed by atoms with Crippen molar-refractivity contribution in [1.82, 2.24) is 14.7 Å². The van der Waals surface area contributed by atoms with E-state index in [9.17, 15) is 24.6 Å². The standard InChI is InChI=1S/C24H36BrN3O6S/c1-4-5-27(7-6-26-8-10-34-11-9-26)22(31)20-24-12-15(25)19(35-24)17(23(32)33)18(24)21(30)28(20)16(13-29)14(2)3/h4,14-20,29H,1,5-13H2,2-3H3,(H,32,33)/t15?,16-,17-,18-,19-,20?,24?/m0/s1. The third-order valence-electron chi connectivity index (χ3n) is 8.01. The number of fused-ring (bicyclic) bond motifs is 1. The second kappa shape index (κ2) is 10.7. The van der Waals surface area contributed by atoms with Crippen molar-refractivity contribution in [1.29, 1.82) is 0 Å². The highest BCUT2D eigenvalue weighted by Gasteiger charge is 2.76. The third kappa shape index (κ3) is 4.56. The van der Waals surface area contributed by atoms with Crippen LogP contribution in [0, 0.1) is 17.8 Å². The third-order valence-corrected chi connectivity index (χ3v) is 11.2. The first kappa shape index (κ1) is 26.9. The van der Waals surface area contributed by atoms with Gasteiger partial charge in [-0.3, -0.25) is 19.3 Å². The van der Waals surface area contributed by atoms with Gasteiger partial charge in [0.1, 0.15) is 6.04 Å². The SMILES string of the molecule is C=CCN(CCN1CCOCC1)C(=O)C1N([C@@H](CO)C(C)C)C(=O)[C@@H]2[C@H](C(=O)O)[C@H]3SC12CC3Br. The number of aliphatic hydroxyl groups excluding tert-OH is 1. The molecule has 35 heavy (non-hydrogen) atoms. The monoisotopic (exact) mass is 573 g/mol. The molecule has 9 nitrogen and oxygen atoms in total. The zero-order chi connectivity index (χ0) is 25.5. The zero-order valence-corrected chi connectivity index (χ0v) is 22.7. The van der Waals surface area contributed by atoms with Gasteiger partial charge in [0.2, 0.25) is 11.8 Å². The molecule has 2 amide bonds. The Morgan fingerprint density at radius 2 is 2.06 bits per heavy atom. The first-order valence-corrected chi connectivity index (χ1v) is 14.1. The molecule has 3 unspecified atom stereocenters. The number of likely N-dealkylation sites (tertiary alicyclic amines) is 1. The first-order chi connectivity index (χ1) is 16.7. The van der Waals surface area contributed by atoms with Crippen molar-refractivity contribution in [2.24, 2.45) is 17.8 Å². The van der Waals surface area contributed by atoms with Gasteiger partial charge in [0.15, 0.2) is 0 Å². The second-order valence-electron chi connectivity index (χ2n) is 10.3. The fraction of sp³-hybridized carbons (Fsp3) is 0.792. The number of aliphatic carboxylic acids is 1. The van der Waals surface area contributed by atoms with E-state index in [-0.39, 0.29) is 34.4 Å². The minimum absolute atomic E-state index is 0.0964. The molecule has 196 valence electrons. The smallest absolute Gasteiger partial charge is 0.308 e. The molecule has 4 fully saturated rings. The van der Waals surface area contributed by atoms with Gasteiger partial charge in [0.25, 0.3) is 0 Å². The lowest BCUT2D eigenvalue weighted by Gasteiger charge is -2.41. The van der Waals surface area contributed by atoms with E-state index in [4.69, 9.17) is 4.74 Å². The zero-order valence-electron chi connectivity index (χ0n) is 20.3. The van der Waals surface area contributed by atoms with E-state index >= 15 is 0 Å². The van der Waals surface area contributed by atoms with Gasteiger partial charge in [-0.2, -0.15) is 0 Å². The number of morpholine rings is 1. The highest BCUT2D eigenvalue weighted by atomic mass is 79.9. The Kier molecular flexibility index (Phi) is 8.22. The lowest BCUT2D eigenvalue weighted by Crippen LogP contribution is -2.59. The molecule has 0 aromatic rings. The number of hydrogen-bond acceptors (Lipinski definition) is 7. The predicted molar refractivity (Wildman–Crippen MR) is 136 cm³/mol. The van der Waals surface area contributed by atoms with Crippen LogP contribution in [0.3, 0.4) is 0 Å². The van der Waals surface area contributed by atoms with Crippen LogP contribution in [0.25, 0.3) is 0 Å². The van der Waals surface area contributed by atoms with Crippen LogP contribution in [0.2, 0.25) is 0 Å². The summed E-state index contributed by atoms with van der Waals surface area (Å²) in [5.41, 5.74) is 0. The minimum atomic E-state index is -1.000. The molecule has 2 N–H and O–H groups in total. The number of hydrogen-bond donors (Lipinski definition) is 2. The Hall–Kier alpha value is -1.14. The second-order valence-corrected chi connectivity index (χ2v) is 13.0. The normalized spacial score (nSPS) is 35.4. The van der Waals surface area contributed by atoms with Crippen LogP contribution in [0.15, 0.2) is 12.7 Å². The molecular formula is C24H36BrN3O6S. The maximum absolute atomic E-state index is 14.3. The molecule has 4 aliphatic heterocycles. The van der Waals surface area contributed by atoms with Crippen LogP contribution in [-0.2, 0) is 19.1 Å². The summed E-state index contributed by atoms with van der Waals surface area (Å²) in [6.07, 6.45) is 2.23. The van der Waals surface area contributed by atoms with Crippen LogP contribution >= 0.6 is 27.7 Å². The summed E-state index contributed by atoms with van der Waals surface area (Å²) in [7, 11) is 0. The Bertz CT molecular complexity index is 855. The topological polar surface area (TPSA) is 111 Å². The van der Waals surface area contributed by atoms with Crippen molar-refractivity contribution >= 4 is 45.5 Å². The number of aliphatic hydroxyl groups is 1. The molecule has 0 radical (unpaired) electrons. The number of thioether (sulfide) groups is 1. The molecule has 0 aliphatic carbocycles. The van der Waals surface area contributed by atoms with Crippen LogP contribution < -0.4 is 0 Å². The van der Waals surface area contributed by atoms with Crippen LogP contribution in [0.5, 0.6) is 0 Å². The van der Waals surface area contributed by atoms with E-state index in [1.165, 1.54) is 11.8 Å². The number of carboxylic acids is 1. The molecule has 7 atom stereocenters. The van der Waals surface area contributed by atoms with Gasteiger partial charge in [0.05, 0.1) is 42.4 Å². The number of alkyl halides is 1. The molecule has 0 aromatic heterocycles. The van der Waals surface area contributed by atoms with Gasteiger partial charge in [-0.15, -0.1) is 18.3 Å². The fourth-order valence-corrected chi connectivity index (χ4v) is 9.90. The van der Waals surface area contributed by atoms with E-state index in [1.54, 1.807) is 15.9 Å². The minimum Gasteiger partial charge on any atom is -0.481 e. The maximum Gasteiger partial charge on any atom is 0.308 e. The number of carboxylic acid groups (broad SMARTS) is 1. The summed E-state index contributed by atoms with van der Waals surface area (Å²) in [5, 5.41) is 20.1. The lowest BCUT2D eigenvalue weighted by molar-refractivity contribution is -0.150. The van der Waals surface area contributed by atoms with Crippen molar-refractivity contribution in [3.8, 4) is 0 Å². The number of carbonyl (C=O) groups is 3. The van der Waals surface area contributed by atoms with Gasteiger partial charge < -0.3 is 24.7 Å². The van der Waals surface area contributed by atoms with Gasteiger partial charge in [0, 0.05) is 42.8 Å². The summed E-state index contributed by atoms with van der Waals surface area (Å²) in [6, 6.07) is -1.40. The van der Waals surface area contributed by atoms with E-state index in [1.807, 2.05) is 13.8 Å². The lowest BCUT2D eigenvalue weighted by atomic mass is 9.71. The van der Waals surface area contributed by atoms with Crippen molar-refractivity contribution in [2.45, 2.75) is 47.2 Å². The Balaban J connectivity index is 1.70. The summed E-state index contributed by atoms with van der Waals surface area (Å²) in [6.45, 7) is 11.8. The van der Waals surface area contributed by atoms with Crippen molar-refractivity contribution in [3.63, 3.8) is 0 Å². The van der Waals surface area contributed by atoms with E-state index in [0.717, 1.165) is 13.1 Å². The molecule has 4 saturated heterocycles. The van der Waals surface area contributed by atoms with Crippen molar-refractivity contribution in [3.05, 3.63) is 12.7 Å². The number of rotatable bonds is 10. The molecule has 2 bridgehead atoms. The highest BCUT2D eigenvalue weighted by Crippen LogP contribution is 2.68. The number of nitrogens with zero attached hydrogens (tertiary/aromatic N) is 3. The maximum atomic E-state index is 14.3. The van der Waals surface area contributed by atoms with E-state index in [2.05, 4.69) is 27.4 Å². The quantitative estimate of drug-likeness (QED) is 0.293. The molecule has 0 aromatic carbocycles. The predicted octanol–water partition coefficient (Wildman–Crippen LogP) is 0.899. The van der Waals surface area contributed by atoms with Crippen LogP contribution in [-0.4, -0.2) is 122 Å². The average Bonchev–Trinajstić information content (AvgIpc) is 3.41. The van der Waals surface area contributed by atoms with Crippen LogP contribution in [0.1, 0.15) is 20.3 Å². The van der Waals surface area contributed by atoms with E-state index < -0.39 is 34.6 Å². The largest absolute Gasteiger partial charge is 0.481 e. The van der Waals surface area contributed by atoms with Gasteiger partial charge in [-0.25, -0.2) is 0 Å². The molecule has 11 heteroatoms. The summed E-state index contributed by atoms with van der Waals surface area (Å²) in [4.78, 5) is 46.0. The van der Waals surface area contributed by atoms with Crippen molar-refractivity contribution in [2.75, 3.05) is 52.5 Å². The van der Waals surface area contributed by atoms with E-state index in [0.29, 0.717) is 39.3 Å². The van der Waals surface area contributed by atoms with Gasteiger partial charge in [-0.05, 0) is 12.3 Å². The molecule has 4 heterocycles.